The summed E-state index contributed by atoms with van der Waals surface area (Å²) in [5.74, 6) is -0.725. The number of hydrogen-bond acceptors (Lipinski definition) is 5. The molecule has 39 heavy (non-hydrogen) atoms. The van der Waals surface area contributed by atoms with Crippen LogP contribution >= 0.6 is 11.6 Å². The summed E-state index contributed by atoms with van der Waals surface area (Å²) in [6.45, 7) is 5.24. The lowest BCUT2D eigenvalue weighted by Gasteiger charge is -2.35. The number of amides is 2. The average Bonchev–Trinajstić information content (AvgIpc) is 2.85. The van der Waals surface area contributed by atoms with Gasteiger partial charge in [0.2, 0.25) is 5.91 Å². The minimum atomic E-state index is -4.76. The highest BCUT2D eigenvalue weighted by Crippen LogP contribution is 2.37. The van der Waals surface area contributed by atoms with E-state index in [2.05, 4.69) is 5.32 Å². The van der Waals surface area contributed by atoms with Crippen molar-refractivity contribution in [2.24, 2.45) is 5.92 Å². The van der Waals surface area contributed by atoms with Crippen LogP contribution < -0.4 is 9.62 Å². The molecule has 214 valence electrons. The maximum Gasteiger partial charge on any atom is 0.416 e. The Balaban J connectivity index is 1.85. The Morgan fingerprint density at radius 1 is 1.13 bits per heavy atom. The molecule has 1 fully saturated rings. The van der Waals surface area contributed by atoms with Gasteiger partial charge in [-0.25, -0.2) is 13.2 Å². The third-order valence-electron chi connectivity index (χ3n) is 5.96. The normalized spacial score (nSPS) is 16.5. The molecule has 1 heterocycles. The third kappa shape index (κ3) is 8.25. The van der Waals surface area contributed by atoms with Crippen molar-refractivity contribution in [3.63, 3.8) is 0 Å². The molecule has 1 aliphatic heterocycles. The summed E-state index contributed by atoms with van der Waals surface area (Å²) >= 11 is 6.19. The second-order valence-corrected chi connectivity index (χ2v) is 12.5. The Kier molecular flexibility index (Phi) is 9.43. The Hall–Kier alpha value is -2.99. The van der Waals surface area contributed by atoms with Crippen LogP contribution in [0.3, 0.4) is 0 Å². The van der Waals surface area contributed by atoms with E-state index in [4.69, 9.17) is 16.3 Å². The Morgan fingerprint density at radius 3 is 2.41 bits per heavy atom. The summed E-state index contributed by atoms with van der Waals surface area (Å²) in [4.78, 5) is 26.6. The van der Waals surface area contributed by atoms with Gasteiger partial charge in [-0.15, -0.1) is 0 Å². The van der Waals surface area contributed by atoms with Crippen LogP contribution in [0.25, 0.3) is 0 Å². The summed E-state index contributed by atoms with van der Waals surface area (Å²) < 4.78 is 73.4. The van der Waals surface area contributed by atoms with Gasteiger partial charge in [0.05, 0.1) is 21.2 Å². The van der Waals surface area contributed by atoms with Gasteiger partial charge < -0.3 is 15.0 Å². The predicted octanol–water partition coefficient (Wildman–Crippen LogP) is 5.32. The monoisotopic (exact) mass is 589 g/mol. The highest BCUT2D eigenvalue weighted by Gasteiger charge is 2.36. The summed E-state index contributed by atoms with van der Waals surface area (Å²) in [6, 6.07) is 9.41. The van der Waals surface area contributed by atoms with Crippen LogP contribution in [-0.2, 0) is 25.7 Å². The number of benzene rings is 2. The summed E-state index contributed by atoms with van der Waals surface area (Å²) in [5.41, 5.74) is -2.23. The highest BCUT2D eigenvalue weighted by atomic mass is 35.5. The molecule has 13 heteroatoms. The van der Waals surface area contributed by atoms with Crippen molar-refractivity contribution in [3.8, 4) is 0 Å². The fourth-order valence-corrected chi connectivity index (χ4v) is 5.84. The number of sulfonamides is 1. The van der Waals surface area contributed by atoms with Crippen molar-refractivity contribution in [3.05, 3.63) is 59.1 Å². The first kappa shape index (κ1) is 30.6. The van der Waals surface area contributed by atoms with Crippen molar-refractivity contribution in [2.45, 2.75) is 50.3 Å². The molecule has 2 aromatic rings. The molecule has 1 atom stereocenters. The van der Waals surface area contributed by atoms with E-state index in [0.717, 1.165) is 12.1 Å². The molecular formula is C26H31ClF3N3O5S. The second-order valence-electron chi connectivity index (χ2n) is 10.2. The second kappa shape index (κ2) is 12.0. The molecular weight excluding hydrogens is 559 g/mol. The number of nitrogens with zero attached hydrogens (tertiary/aromatic N) is 2. The topological polar surface area (TPSA) is 96.0 Å². The van der Waals surface area contributed by atoms with Gasteiger partial charge >= 0.3 is 12.3 Å². The van der Waals surface area contributed by atoms with E-state index >= 15 is 0 Å². The van der Waals surface area contributed by atoms with Gasteiger partial charge in [0, 0.05) is 19.6 Å². The summed E-state index contributed by atoms with van der Waals surface area (Å²) in [7, 11) is -4.46. The molecule has 0 bridgehead atoms. The Labute approximate surface area is 231 Å². The summed E-state index contributed by atoms with van der Waals surface area (Å²) in [6.07, 6.45) is -4.04. The maximum absolute atomic E-state index is 13.6. The van der Waals surface area contributed by atoms with Gasteiger partial charge in [0.15, 0.2) is 0 Å². The molecule has 0 radical (unpaired) electrons. The first-order valence-electron chi connectivity index (χ1n) is 12.3. The zero-order valence-corrected chi connectivity index (χ0v) is 23.4. The molecule has 0 aliphatic carbocycles. The van der Waals surface area contributed by atoms with E-state index in [1.54, 1.807) is 26.8 Å². The third-order valence-corrected chi connectivity index (χ3v) is 8.05. The number of carbonyl (C=O) groups excluding carboxylic acids is 2. The standard InChI is InChI=1S/C26H31ClF3N3O5S/c1-25(2,3)38-24(35)31-15-18-8-7-13-32(16-18)23(34)17-33(39(36,37)20-9-5-4-6-10-20)22-14-19(26(28,29)30)11-12-21(22)27/h4-6,9-12,14,18H,7-8,13,15-17H2,1-3H3,(H,31,35). The van der Waals surface area contributed by atoms with E-state index in [-0.39, 0.29) is 28.9 Å². The minimum Gasteiger partial charge on any atom is -0.444 e. The fourth-order valence-electron chi connectivity index (χ4n) is 4.12. The van der Waals surface area contributed by atoms with Crippen molar-refractivity contribution in [1.82, 2.24) is 10.2 Å². The largest absolute Gasteiger partial charge is 0.444 e. The number of alkyl halides is 3. The van der Waals surface area contributed by atoms with Crippen LogP contribution in [0.5, 0.6) is 0 Å². The van der Waals surface area contributed by atoms with E-state index < -0.39 is 51.6 Å². The number of nitrogens with one attached hydrogen (secondary N) is 1. The van der Waals surface area contributed by atoms with Crippen LogP contribution in [0.1, 0.15) is 39.2 Å². The lowest BCUT2D eigenvalue weighted by molar-refractivity contribution is -0.137. The van der Waals surface area contributed by atoms with Gasteiger partial charge in [0.25, 0.3) is 10.0 Å². The van der Waals surface area contributed by atoms with Crippen molar-refractivity contribution >= 4 is 39.3 Å². The minimum absolute atomic E-state index is 0.119. The molecule has 2 aromatic carbocycles. The quantitative estimate of drug-likeness (QED) is 0.472. The molecule has 1 unspecified atom stereocenters. The maximum atomic E-state index is 13.6. The molecule has 0 spiro atoms. The van der Waals surface area contributed by atoms with Crippen LogP contribution in [0.4, 0.5) is 23.7 Å². The SMILES string of the molecule is CC(C)(C)OC(=O)NCC1CCCN(C(=O)CN(c2cc(C(F)(F)F)ccc2Cl)S(=O)(=O)c2ccccc2)C1. The van der Waals surface area contributed by atoms with Gasteiger partial charge in [-0.3, -0.25) is 9.10 Å². The average molecular weight is 590 g/mol. The molecule has 1 aliphatic rings. The number of halogens is 4. The predicted molar refractivity (Wildman–Crippen MR) is 141 cm³/mol. The first-order chi connectivity index (χ1) is 18.1. The number of alkyl carbamates (subject to hydrolysis) is 1. The smallest absolute Gasteiger partial charge is 0.416 e. The highest BCUT2D eigenvalue weighted by molar-refractivity contribution is 7.92. The number of carbonyl (C=O) groups is 2. The fraction of sp³-hybridized carbons (Fsp3) is 0.462. The number of anilines is 1. The number of hydrogen-bond donors (Lipinski definition) is 1. The zero-order chi connectivity index (χ0) is 29.0. The van der Waals surface area contributed by atoms with Crippen molar-refractivity contribution < 1.29 is 35.9 Å². The van der Waals surface area contributed by atoms with Crippen LogP contribution in [0.2, 0.25) is 5.02 Å². The van der Waals surface area contributed by atoms with Crippen LogP contribution in [0, 0.1) is 5.92 Å². The number of piperidine rings is 1. The van der Waals surface area contributed by atoms with Crippen molar-refractivity contribution in [1.29, 1.82) is 0 Å². The lowest BCUT2D eigenvalue weighted by Crippen LogP contribution is -2.48. The molecule has 1 N–H and O–H groups in total. The zero-order valence-electron chi connectivity index (χ0n) is 21.8. The van der Waals surface area contributed by atoms with Gasteiger partial charge in [0.1, 0.15) is 12.1 Å². The molecule has 0 aromatic heterocycles. The van der Waals surface area contributed by atoms with Crippen LogP contribution in [-0.4, -0.2) is 57.1 Å². The van der Waals surface area contributed by atoms with Gasteiger partial charge in [-0.05, 0) is 69.9 Å². The first-order valence-corrected chi connectivity index (χ1v) is 14.1. The Bertz CT molecular complexity index is 1280. The van der Waals surface area contributed by atoms with E-state index in [1.165, 1.54) is 29.2 Å². The Morgan fingerprint density at radius 2 is 1.79 bits per heavy atom. The van der Waals surface area contributed by atoms with Crippen LogP contribution in [0.15, 0.2) is 53.4 Å². The number of rotatable bonds is 7. The van der Waals surface area contributed by atoms with E-state index in [0.29, 0.717) is 29.8 Å². The van der Waals surface area contributed by atoms with E-state index in [1.807, 2.05) is 0 Å². The lowest BCUT2D eigenvalue weighted by atomic mass is 9.98. The molecule has 3 rings (SSSR count). The summed E-state index contributed by atoms with van der Waals surface area (Å²) in [5, 5.41) is 2.42. The van der Waals surface area contributed by atoms with Gasteiger partial charge in [-0.1, -0.05) is 29.8 Å². The molecule has 0 saturated carbocycles. The number of ether oxygens (including phenoxy) is 1. The van der Waals surface area contributed by atoms with Crippen molar-refractivity contribution in [2.75, 3.05) is 30.5 Å². The van der Waals surface area contributed by atoms with Gasteiger partial charge in [-0.2, -0.15) is 13.2 Å². The van der Waals surface area contributed by atoms with E-state index in [9.17, 15) is 31.2 Å². The number of likely N-dealkylation sites (tertiary alicyclic amines) is 1. The molecule has 1 saturated heterocycles. The molecule has 8 nitrogen and oxygen atoms in total. The molecule has 2 amide bonds.